The second-order valence-corrected chi connectivity index (χ2v) is 6.43. The van der Waals surface area contributed by atoms with Gasteiger partial charge < -0.3 is 10.2 Å². The lowest BCUT2D eigenvalue weighted by Gasteiger charge is -2.22. The highest BCUT2D eigenvalue weighted by Gasteiger charge is 2.29. The molecule has 1 aliphatic rings. The number of anilines is 1. The summed E-state index contributed by atoms with van der Waals surface area (Å²) in [4.78, 5) is 26.3. The summed E-state index contributed by atoms with van der Waals surface area (Å²) in [6.07, 6.45) is 1.56. The van der Waals surface area contributed by atoms with Gasteiger partial charge in [0.25, 0.3) is 5.91 Å². The maximum Gasteiger partial charge on any atom is 0.254 e. The number of hydrogen-bond donors (Lipinski definition) is 1. The molecule has 3 rings (SSSR count). The number of rotatable bonds is 5. The van der Waals surface area contributed by atoms with Gasteiger partial charge in [0.05, 0.1) is 5.56 Å². The van der Waals surface area contributed by atoms with Crippen LogP contribution < -0.4 is 10.2 Å². The highest BCUT2D eigenvalue weighted by molar-refractivity contribution is 5.96. The van der Waals surface area contributed by atoms with E-state index in [4.69, 9.17) is 0 Å². The lowest BCUT2D eigenvalue weighted by atomic mass is 10.1. The summed E-state index contributed by atoms with van der Waals surface area (Å²) in [7, 11) is 0. The molecule has 1 unspecified atom stereocenters. The molecule has 0 radical (unpaired) electrons. The molecule has 2 amide bonds. The highest BCUT2D eigenvalue weighted by Crippen LogP contribution is 2.32. The molecule has 1 N–H and O–H groups in total. The van der Waals surface area contributed by atoms with Gasteiger partial charge >= 0.3 is 0 Å². The van der Waals surface area contributed by atoms with E-state index in [-0.39, 0.29) is 30.5 Å². The van der Waals surface area contributed by atoms with Gasteiger partial charge in [0.15, 0.2) is 0 Å². The Morgan fingerprint density at radius 1 is 1.19 bits per heavy atom. The molecule has 1 atom stereocenters. The summed E-state index contributed by atoms with van der Waals surface area (Å²) in [5.41, 5.74) is 1.90. The average Bonchev–Trinajstić information content (AvgIpc) is 2.94. The number of nitrogens with zero attached hydrogens (tertiary/aromatic N) is 1. The molecule has 0 bridgehead atoms. The molecule has 26 heavy (non-hydrogen) atoms. The Morgan fingerprint density at radius 2 is 1.96 bits per heavy atom. The largest absolute Gasteiger partial charge is 0.352 e. The summed E-state index contributed by atoms with van der Waals surface area (Å²) >= 11 is 0. The fourth-order valence-corrected chi connectivity index (χ4v) is 3.28. The van der Waals surface area contributed by atoms with Crippen LogP contribution in [0.4, 0.5) is 14.5 Å². The van der Waals surface area contributed by atoms with E-state index in [0.717, 1.165) is 29.8 Å². The van der Waals surface area contributed by atoms with Gasteiger partial charge in [0, 0.05) is 30.8 Å². The van der Waals surface area contributed by atoms with E-state index >= 15 is 0 Å². The fourth-order valence-electron chi connectivity index (χ4n) is 3.28. The van der Waals surface area contributed by atoms with E-state index in [1.165, 1.54) is 0 Å². The molecule has 0 aromatic heterocycles. The Morgan fingerprint density at radius 3 is 2.73 bits per heavy atom. The minimum absolute atomic E-state index is 0.00432. The first-order valence-electron chi connectivity index (χ1n) is 8.60. The minimum atomic E-state index is -0.902. The first-order valence-corrected chi connectivity index (χ1v) is 8.60. The number of halogens is 2. The molecule has 0 saturated heterocycles. The molecule has 2 aromatic carbocycles. The first kappa shape index (κ1) is 18.0. The molecule has 2 aromatic rings. The van der Waals surface area contributed by atoms with Crippen molar-refractivity contribution in [1.29, 1.82) is 0 Å². The second kappa shape index (κ2) is 7.64. The van der Waals surface area contributed by atoms with Crippen LogP contribution in [0.5, 0.6) is 0 Å². The van der Waals surface area contributed by atoms with Gasteiger partial charge in [-0.1, -0.05) is 18.2 Å². The van der Waals surface area contributed by atoms with Gasteiger partial charge in [0.2, 0.25) is 5.91 Å². The average molecular weight is 358 g/mol. The third-order valence-electron chi connectivity index (χ3n) is 4.50. The Hall–Kier alpha value is -2.76. The smallest absolute Gasteiger partial charge is 0.254 e. The lowest BCUT2D eigenvalue weighted by molar-refractivity contribution is -0.119. The zero-order chi connectivity index (χ0) is 18.7. The first-order chi connectivity index (χ1) is 12.5. The van der Waals surface area contributed by atoms with Crippen LogP contribution in [0.2, 0.25) is 0 Å². The monoisotopic (exact) mass is 358 g/mol. The Labute approximate surface area is 150 Å². The van der Waals surface area contributed by atoms with Gasteiger partial charge in [0.1, 0.15) is 11.6 Å². The van der Waals surface area contributed by atoms with Crippen LogP contribution in [-0.2, 0) is 11.2 Å². The molecule has 0 saturated carbocycles. The van der Waals surface area contributed by atoms with Crippen molar-refractivity contribution >= 4 is 17.5 Å². The maximum atomic E-state index is 13.6. The zero-order valence-electron chi connectivity index (χ0n) is 14.5. The number of para-hydroxylation sites is 1. The molecule has 0 spiro atoms. The molecular formula is C20H20F2N2O2. The third-order valence-corrected chi connectivity index (χ3v) is 4.50. The van der Waals surface area contributed by atoms with Crippen LogP contribution in [0.25, 0.3) is 0 Å². The number of benzene rings is 2. The molecule has 136 valence electrons. The summed E-state index contributed by atoms with van der Waals surface area (Å²) in [6.45, 7) is 2.25. The van der Waals surface area contributed by atoms with E-state index < -0.39 is 17.5 Å². The van der Waals surface area contributed by atoms with E-state index in [9.17, 15) is 18.4 Å². The molecule has 4 nitrogen and oxygen atoms in total. The van der Waals surface area contributed by atoms with Gasteiger partial charge in [-0.05, 0) is 43.5 Å². The number of nitrogens with one attached hydrogen (secondary N) is 1. The topological polar surface area (TPSA) is 49.4 Å². The van der Waals surface area contributed by atoms with Crippen molar-refractivity contribution in [2.45, 2.75) is 32.2 Å². The van der Waals surface area contributed by atoms with Gasteiger partial charge in [-0.25, -0.2) is 8.78 Å². The fraction of sp³-hybridized carbons (Fsp3) is 0.300. The molecule has 0 fully saturated rings. The lowest BCUT2D eigenvalue weighted by Crippen LogP contribution is -2.36. The van der Waals surface area contributed by atoms with Crippen molar-refractivity contribution in [2.24, 2.45) is 0 Å². The van der Waals surface area contributed by atoms with Crippen LogP contribution >= 0.6 is 0 Å². The predicted molar refractivity (Wildman–Crippen MR) is 95.0 cm³/mol. The maximum absolute atomic E-state index is 13.6. The predicted octanol–water partition coefficient (Wildman–Crippen LogP) is 3.45. The minimum Gasteiger partial charge on any atom is -0.352 e. The number of amides is 2. The molecule has 0 aliphatic carbocycles. The summed E-state index contributed by atoms with van der Waals surface area (Å²) in [5, 5.41) is 2.56. The molecule has 1 heterocycles. The zero-order valence-corrected chi connectivity index (χ0v) is 14.5. The third kappa shape index (κ3) is 3.74. The standard InChI is InChI=1S/C20H20F2N2O2/c1-13-11-14-5-2-3-6-18(14)24(13)19(25)7-4-10-23-20(26)16-9-8-15(21)12-17(16)22/h2-3,5-6,8-9,12-13H,4,7,10-11H2,1H3,(H,23,26). The summed E-state index contributed by atoms with van der Waals surface area (Å²) in [6, 6.07) is 10.8. The molecule has 6 heteroatoms. The van der Waals surface area contributed by atoms with Crippen LogP contribution in [0, 0.1) is 11.6 Å². The van der Waals surface area contributed by atoms with E-state index in [1.807, 2.05) is 31.2 Å². The van der Waals surface area contributed by atoms with E-state index in [1.54, 1.807) is 4.90 Å². The summed E-state index contributed by atoms with van der Waals surface area (Å²) < 4.78 is 26.4. The van der Waals surface area contributed by atoms with Crippen LogP contribution in [-0.4, -0.2) is 24.4 Å². The molecule has 1 aliphatic heterocycles. The number of hydrogen-bond acceptors (Lipinski definition) is 2. The van der Waals surface area contributed by atoms with Crippen molar-refractivity contribution in [2.75, 3.05) is 11.4 Å². The highest BCUT2D eigenvalue weighted by atomic mass is 19.1. The van der Waals surface area contributed by atoms with Crippen molar-refractivity contribution < 1.29 is 18.4 Å². The van der Waals surface area contributed by atoms with Crippen LogP contribution in [0.1, 0.15) is 35.7 Å². The van der Waals surface area contributed by atoms with Crippen LogP contribution in [0.15, 0.2) is 42.5 Å². The van der Waals surface area contributed by atoms with Gasteiger partial charge in [-0.3, -0.25) is 9.59 Å². The quantitative estimate of drug-likeness (QED) is 0.833. The van der Waals surface area contributed by atoms with Gasteiger partial charge in [-0.15, -0.1) is 0 Å². The van der Waals surface area contributed by atoms with Crippen LogP contribution in [0.3, 0.4) is 0 Å². The Kier molecular flexibility index (Phi) is 5.30. The normalized spacial score (nSPS) is 15.7. The number of carbonyl (C=O) groups is 2. The Bertz CT molecular complexity index is 838. The van der Waals surface area contributed by atoms with Crippen molar-refractivity contribution in [3.63, 3.8) is 0 Å². The van der Waals surface area contributed by atoms with Crippen molar-refractivity contribution in [1.82, 2.24) is 5.32 Å². The SMILES string of the molecule is CC1Cc2ccccc2N1C(=O)CCCNC(=O)c1ccc(F)cc1F. The van der Waals surface area contributed by atoms with Gasteiger partial charge in [-0.2, -0.15) is 0 Å². The summed E-state index contributed by atoms with van der Waals surface area (Å²) in [5.74, 6) is -2.25. The molecular weight excluding hydrogens is 338 g/mol. The second-order valence-electron chi connectivity index (χ2n) is 6.43. The van der Waals surface area contributed by atoms with Crippen molar-refractivity contribution in [3.05, 3.63) is 65.2 Å². The van der Waals surface area contributed by atoms with Crippen molar-refractivity contribution in [3.8, 4) is 0 Å². The number of fused-ring (bicyclic) bond motifs is 1. The number of carbonyl (C=O) groups excluding carboxylic acids is 2. The van der Waals surface area contributed by atoms with E-state index in [2.05, 4.69) is 5.32 Å². The Balaban J connectivity index is 1.51. The van der Waals surface area contributed by atoms with E-state index in [0.29, 0.717) is 12.5 Å².